The van der Waals surface area contributed by atoms with Crippen LogP contribution in [-0.2, 0) is 4.74 Å². The smallest absolute Gasteiger partial charge is 0.136 e. The standard InChI is InChI=1S/C28H33N5O2/c1-6-33(13-14-34-5)12-11-30-26-17-25(35-28-21(3)15-20(2)16-22(28)4)18-27(32-26)31-24-9-7-23(19-29)8-10-24/h6-10,15-18H,1,11-14H2,2-5H3,(H2,30,31,32). The second-order valence-electron chi connectivity index (χ2n) is 8.36. The van der Waals surface area contributed by atoms with Crippen molar-refractivity contribution in [3.63, 3.8) is 0 Å². The molecule has 2 N–H and O–H groups in total. The lowest BCUT2D eigenvalue weighted by molar-refractivity contribution is 0.171. The summed E-state index contributed by atoms with van der Waals surface area (Å²) in [6, 6.07) is 17.4. The number of hydrogen-bond donors (Lipinski definition) is 2. The Morgan fingerprint density at radius 3 is 2.34 bits per heavy atom. The third kappa shape index (κ3) is 7.49. The minimum absolute atomic E-state index is 0.605. The van der Waals surface area contributed by atoms with Crippen molar-refractivity contribution >= 4 is 17.3 Å². The molecule has 0 bridgehead atoms. The second-order valence-corrected chi connectivity index (χ2v) is 8.36. The zero-order valence-electron chi connectivity index (χ0n) is 20.9. The molecule has 0 aliphatic rings. The van der Waals surface area contributed by atoms with Gasteiger partial charge in [-0.15, -0.1) is 0 Å². The maximum atomic E-state index is 9.06. The first-order chi connectivity index (χ1) is 16.9. The van der Waals surface area contributed by atoms with E-state index in [0.717, 1.165) is 35.7 Å². The highest BCUT2D eigenvalue weighted by Gasteiger charge is 2.11. The normalized spacial score (nSPS) is 10.4. The molecule has 35 heavy (non-hydrogen) atoms. The Morgan fingerprint density at radius 1 is 1.03 bits per heavy atom. The summed E-state index contributed by atoms with van der Waals surface area (Å²) in [6.45, 7) is 12.9. The molecule has 0 saturated heterocycles. The van der Waals surface area contributed by atoms with Gasteiger partial charge in [-0.3, -0.25) is 0 Å². The molecule has 3 aromatic rings. The first-order valence-electron chi connectivity index (χ1n) is 11.6. The molecule has 1 heterocycles. The summed E-state index contributed by atoms with van der Waals surface area (Å²) in [7, 11) is 1.69. The number of benzene rings is 2. The number of nitriles is 1. The number of pyridine rings is 1. The Balaban J connectivity index is 1.83. The van der Waals surface area contributed by atoms with Gasteiger partial charge in [0.2, 0.25) is 0 Å². The number of rotatable bonds is 12. The molecule has 182 valence electrons. The van der Waals surface area contributed by atoms with E-state index in [1.54, 1.807) is 19.2 Å². The van der Waals surface area contributed by atoms with E-state index in [9.17, 15) is 0 Å². The van der Waals surface area contributed by atoms with Crippen molar-refractivity contribution in [2.75, 3.05) is 44.0 Å². The fourth-order valence-electron chi connectivity index (χ4n) is 3.77. The zero-order chi connectivity index (χ0) is 25.2. The van der Waals surface area contributed by atoms with E-state index < -0.39 is 0 Å². The number of hydrogen-bond acceptors (Lipinski definition) is 7. The van der Waals surface area contributed by atoms with Crippen LogP contribution in [0.5, 0.6) is 11.5 Å². The molecule has 3 rings (SSSR count). The first-order valence-corrected chi connectivity index (χ1v) is 11.6. The van der Waals surface area contributed by atoms with Crippen molar-refractivity contribution in [2.45, 2.75) is 20.8 Å². The van der Waals surface area contributed by atoms with Crippen molar-refractivity contribution in [3.8, 4) is 17.6 Å². The highest BCUT2D eigenvalue weighted by molar-refractivity contribution is 5.62. The van der Waals surface area contributed by atoms with Gasteiger partial charge >= 0.3 is 0 Å². The van der Waals surface area contributed by atoms with E-state index in [4.69, 9.17) is 19.7 Å². The minimum atomic E-state index is 0.605. The van der Waals surface area contributed by atoms with Crippen molar-refractivity contribution in [3.05, 3.63) is 83.6 Å². The lowest BCUT2D eigenvalue weighted by Crippen LogP contribution is -2.27. The quantitative estimate of drug-likeness (QED) is 0.339. The van der Waals surface area contributed by atoms with E-state index in [-0.39, 0.29) is 0 Å². The summed E-state index contributed by atoms with van der Waals surface area (Å²) < 4.78 is 11.5. The van der Waals surface area contributed by atoms with E-state index in [0.29, 0.717) is 36.1 Å². The number of methoxy groups -OCH3 is 1. The summed E-state index contributed by atoms with van der Waals surface area (Å²) in [5, 5.41) is 15.8. The van der Waals surface area contributed by atoms with Crippen LogP contribution < -0.4 is 15.4 Å². The van der Waals surface area contributed by atoms with Crippen LogP contribution in [0.25, 0.3) is 0 Å². The van der Waals surface area contributed by atoms with Crippen molar-refractivity contribution in [1.29, 1.82) is 5.26 Å². The molecule has 2 aromatic carbocycles. The number of aryl methyl sites for hydroxylation is 3. The predicted molar refractivity (Wildman–Crippen MR) is 142 cm³/mol. The third-order valence-electron chi connectivity index (χ3n) is 5.46. The van der Waals surface area contributed by atoms with Crippen LogP contribution >= 0.6 is 0 Å². The topological polar surface area (TPSA) is 82.4 Å². The molecule has 7 heteroatoms. The molecule has 0 radical (unpaired) electrons. The van der Waals surface area contributed by atoms with Gasteiger partial charge in [-0.25, -0.2) is 4.98 Å². The minimum Gasteiger partial charge on any atom is -0.457 e. The van der Waals surface area contributed by atoms with Gasteiger partial charge in [0, 0.05) is 44.6 Å². The van der Waals surface area contributed by atoms with Gasteiger partial charge in [0.15, 0.2) is 0 Å². The Morgan fingerprint density at radius 2 is 1.71 bits per heavy atom. The molecule has 0 aliphatic heterocycles. The fraction of sp³-hybridized carbons (Fsp3) is 0.286. The van der Waals surface area contributed by atoms with Crippen molar-refractivity contribution in [2.24, 2.45) is 0 Å². The highest BCUT2D eigenvalue weighted by Crippen LogP contribution is 2.32. The van der Waals surface area contributed by atoms with Crippen molar-refractivity contribution < 1.29 is 9.47 Å². The van der Waals surface area contributed by atoms with E-state index in [1.165, 1.54) is 5.56 Å². The summed E-state index contributed by atoms with van der Waals surface area (Å²) >= 11 is 0. The number of aromatic nitrogens is 1. The van der Waals surface area contributed by atoms with Gasteiger partial charge in [0.05, 0.1) is 18.2 Å². The lowest BCUT2D eigenvalue weighted by Gasteiger charge is -2.20. The number of ether oxygens (including phenoxy) is 2. The molecular weight excluding hydrogens is 438 g/mol. The van der Waals surface area contributed by atoms with E-state index >= 15 is 0 Å². The number of nitrogens with zero attached hydrogens (tertiary/aromatic N) is 3. The monoisotopic (exact) mass is 471 g/mol. The Bertz CT molecular complexity index is 1160. The molecule has 7 nitrogen and oxygen atoms in total. The summed E-state index contributed by atoms with van der Waals surface area (Å²) in [6.07, 6.45) is 1.81. The lowest BCUT2D eigenvalue weighted by atomic mass is 10.1. The molecule has 0 unspecified atom stereocenters. The van der Waals surface area contributed by atoms with Crippen LogP contribution in [0.2, 0.25) is 0 Å². The van der Waals surface area contributed by atoms with Crippen LogP contribution in [0.3, 0.4) is 0 Å². The average molecular weight is 472 g/mol. The molecule has 1 aromatic heterocycles. The molecule has 0 spiro atoms. The Labute approximate surface area is 208 Å². The van der Waals surface area contributed by atoms with Crippen LogP contribution in [0.4, 0.5) is 17.3 Å². The fourth-order valence-corrected chi connectivity index (χ4v) is 3.77. The average Bonchev–Trinajstić information content (AvgIpc) is 2.84. The summed E-state index contributed by atoms with van der Waals surface area (Å²) in [5.41, 5.74) is 4.80. The highest BCUT2D eigenvalue weighted by atomic mass is 16.5. The van der Waals surface area contributed by atoms with Crippen molar-refractivity contribution in [1.82, 2.24) is 9.88 Å². The maximum absolute atomic E-state index is 9.06. The van der Waals surface area contributed by atoms with E-state index in [2.05, 4.69) is 61.1 Å². The summed E-state index contributed by atoms with van der Waals surface area (Å²) in [4.78, 5) is 6.81. The van der Waals surface area contributed by atoms with E-state index in [1.807, 2.05) is 30.5 Å². The number of anilines is 3. The van der Waals surface area contributed by atoms with Gasteiger partial charge in [-0.2, -0.15) is 5.26 Å². The Hall–Kier alpha value is -4.02. The summed E-state index contributed by atoms with van der Waals surface area (Å²) in [5.74, 6) is 2.84. The molecule has 0 saturated carbocycles. The molecule has 0 aliphatic carbocycles. The van der Waals surface area contributed by atoms with Gasteiger partial charge in [0.1, 0.15) is 23.1 Å². The molecule has 0 atom stereocenters. The maximum Gasteiger partial charge on any atom is 0.136 e. The predicted octanol–water partition coefficient (Wildman–Crippen LogP) is 5.92. The third-order valence-corrected chi connectivity index (χ3v) is 5.46. The van der Waals surface area contributed by atoms with Gasteiger partial charge in [-0.1, -0.05) is 24.3 Å². The SMILES string of the molecule is C=CN(CCNc1cc(Oc2c(C)cc(C)cc2C)cc(Nc2ccc(C#N)cc2)n1)CCOC. The largest absolute Gasteiger partial charge is 0.457 e. The first kappa shape index (κ1) is 25.6. The van der Waals surface area contributed by atoms with Crippen LogP contribution in [0.1, 0.15) is 22.3 Å². The molecule has 0 amide bonds. The van der Waals surface area contributed by atoms with Gasteiger partial charge in [0.25, 0.3) is 0 Å². The zero-order valence-corrected chi connectivity index (χ0v) is 20.9. The number of nitrogens with one attached hydrogen (secondary N) is 2. The molecule has 0 fully saturated rings. The molecular formula is C28H33N5O2. The van der Waals surface area contributed by atoms with Crippen LogP contribution in [0.15, 0.2) is 61.3 Å². The van der Waals surface area contributed by atoms with Gasteiger partial charge in [-0.05, 0) is 62.4 Å². The van der Waals surface area contributed by atoms with Crippen LogP contribution in [-0.4, -0.2) is 43.2 Å². The van der Waals surface area contributed by atoms with Crippen LogP contribution in [0, 0.1) is 32.1 Å². The van der Waals surface area contributed by atoms with Gasteiger partial charge < -0.3 is 25.0 Å². The second kappa shape index (κ2) is 12.4. The Kier molecular flexibility index (Phi) is 9.10.